The van der Waals surface area contributed by atoms with Crippen molar-refractivity contribution in [2.75, 3.05) is 18.9 Å². The summed E-state index contributed by atoms with van der Waals surface area (Å²) in [7, 11) is 0. The van der Waals surface area contributed by atoms with E-state index in [2.05, 4.69) is 22.2 Å². The summed E-state index contributed by atoms with van der Waals surface area (Å²) in [5, 5.41) is 4.09. The number of carbonyl (C=O) groups excluding carboxylic acids is 1. The van der Waals surface area contributed by atoms with Crippen LogP contribution < -0.4 is 5.32 Å². The Labute approximate surface area is 131 Å². The van der Waals surface area contributed by atoms with Gasteiger partial charge in [0.25, 0.3) is 0 Å². The van der Waals surface area contributed by atoms with Gasteiger partial charge in [-0.1, -0.05) is 18.7 Å². The number of nitrogens with one attached hydrogen (secondary N) is 1. The maximum atomic E-state index is 12.1. The number of thioether (sulfide) groups is 1. The van der Waals surface area contributed by atoms with E-state index in [0.717, 1.165) is 36.7 Å². The zero-order valence-corrected chi connectivity index (χ0v) is 13.9. The van der Waals surface area contributed by atoms with Gasteiger partial charge in [-0.2, -0.15) is 0 Å². The monoisotopic (exact) mass is 311 g/mol. The highest BCUT2D eigenvalue weighted by Gasteiger charge is 2.33. The average Bonchev–Trinajstić information content (AvgIpc) is 2.51. The third-order valence-electron chi connectivity index (χ3n) is 3.09. The van der Waals surface area contributed by atoms with Gasteiger partial charge in [0.05, 0.1) is 6.61 Å². The molecule has 1 aromatic rings. The summed E-state index contributed by atoms with van der Waals surface area (Å²) in [5.41, 5.74) is -0.607. The Morgan fingerprint density at radius 2 is 2.10 bits per heavy atom. The largest absolute Gasteiger partial charge is 0.465 e. The summed E-state index contributed by atoms with van der Waals surface area (Å²) in [6.45, 7) is 7.06. The van der Waals surface area contributed by atoms with Gasteiger partial charge >= 0.3 is 5.97 Å². The molecule has 0 aliphatic carbocycles. The summed E-state index contributed by atoms with van der Waals surface area (Å²) in [6.07, 6.45) is 6.10. The van der Waals surface area contributed by atoms with Crippen molar-refractivity contribution in [3.05, 3.63) is 18.5 Å². The van der Waals surface area contributed by atoms with Crippen LogP contribution in [0.5, 0.6) is 0 Å². The van der Waals surface area contributed by atoms with Crippen molar-refractivity contribution in [1.29, 1.82) is 0 Å². The van der Waals surface area contributed by atoms with Crippen molar-refractivity contribution < 1.29 is 9.53 Å². The predicted octanol–water partition coefficient (Wildman–Crippen LogP) is 2.67. The van der Waals surface area contributed by atoms with E-state index in [1.54, 1.807) is 30.2 Å². The Morgan fingerprint density at radius 3 is 2.71 bits per heavy atom. The highest BCUT2D eigenvalue weighted by molar-refractivity contribution is 7.99. The summed E-state index contributed by atoms with van der Waals surface area (Å²) in [6, 6.07) is 1.80. The van der Waals surface area contributed by atoms with Crippen molar-refractivity contribution in [3.8, 4) is 0 Å². The third kappa shape index (κ3) is 6.44. The minimum absolute atomic E-state index is 0.167. The molecule has 0 saturated carbocycles. The molecular weight excluding hydrogens is 286 g/mol. The molecule has 5 nitrogen and oxygen atoms in total. The number of nitrogens with zero attached hydrogens (tertiary/aromatic N) is 2. The van der Waals surface area contributed by atoms with Gasteiger partial charge in [-0.05, 0) is 45.7 Å². The molecule has 6 heteroatoms. The van der Waals surface area contributed by atoms with Gasteiger partial charge in [0.15, 0.2) is 5.16 Å². The van der Waals surface area contributed by atoms with E-state index in [9.17, 15) is 4.79 Å². The van der Waals surface area contributed by atoms with Crippen molar-refractivity contribution in [3.63, 3.8) is 0 Å². The second-order valence-electron chi connectivity index (χ2n) is 4.96. The Hall–Kier alpha value is -1.14. The number of esters is 1. The number of carbonyl (C=O) groups is 1. The van der Waals surface area contributed by atoms with Crippen LogP contribution >= 0.6 is 11.8 Å². The smallest absolute Gasteiger partial charge is 0.326 e. The average molecular weight is 311 g/mol. The van der Waals surface area contributed by atoms with Gasteiger partial charge in [-0.3, -0.25) is 4.79 Å². The second-order valence-corrected chi connectivity index (χ2v) is 6.02. The van der Waals surface area contributed by atoms with Gasteiger partial charge in [-0.15, -0.1) is 0 Å². The number of ether oxygens (including phenoxy) is 1. The molecule has 1 heterocycles. The van der Waals surface area contributed by atoms with Gasteiger partial charge in [0.1, 0.15) is 5.54 Å². The minimum Gasteiger partial charge on any atom is -0.465 e. The Kier molecular flexibility index (Phi) is 8.30. The molecule has 1 rings (SSSR count). The summed E-state index contributed by atoms with van der Waals surface area (Å²) < 4.78 is 5.19. The summed E-state index contributed by atoms with van der Waals surface area (Å²) in [4.78, 5) is 20.5. The van der Waals surface area contributed by atoms with Crippen LogP contribution in [0.4, 0.5) is 0 Å². The van der Waals surface area contributed by atoms with Gasteiger partial charge in [0, 0.05) is 18.1 Å². The van der Waals surface area contributed by atoms with E-state index in [0.29, 0.717) is 6.61 Å². The van der Waals surface area contributed by atoms with Crippen LogP contribution in [0.2, 0.25) is 0 Å². The third-order valence-corrected chi connectivity index (χ3v) is 4.05. The lowest BCUT2D eigenvalue weighted by atomic mass is 9.96. The molecule has 0 bridgehead atoms. The van der Waals surface area contributed by atoms with Crippen molar-refractivity contribution in [2.24, 2.45) is 0 Å². The molecular formula is C15H25N3O2S. The molecule has 0 spiro atoms. The van der Waals surface area contributed by atoms with Gasteiger partial charge in [0.2, 0.25) is 0 Å². The molecule has 118 valence electrons. The van der Waals surface area contributed by atoms with E-state index in [1.165, 1.54) is 0 Å². The molecule has 0 saturated heterocycles. The van der Waals surface area contributed by atoms with Crippen LogP contribution in [0.15, 0.2) is 23.6 Å². The molecule has 0 aromatic carbocycles. The van der Waals surface area contributed by atoms with E-state index in [4.69, 9.17) is 4.74 Å². The molecule has 0 radical (unpaired) electrons. The fourth-order valence-corrected chi connectivity index (χ4v) is 2.65. The molecule has 0 aliphatic rings. The lowest BCUT2D eigenvalue weighted by Crippen LogP contribution is -2.50. The van der Waals surface area contributed by atoms with Crippen LogP contribution in [-0.2, 0) is 9.53 Å². The van der Waals surface area contributed by atoms with E-state index in [-0.39, 0.29) is 5.97 Å². The molecule has 0 amide bonds. The topological polar surface area (TPSA) is 64.1 Å². The summed E-state index contributed by atoms with van der Waals surface area (Å²) in [5.74, 6) is 0.715. The molecule has 1 unspecified atom stereocenters. The molecule has 1 atom stereocenters. The number of hydrogen-bond donors (Lipinski definition) is 1. The highest BCUT2D eigenvalue weighted by Crippen LogP contribution is 2.19. The zero-order chi connectivity index (χ0) is 15.6. The van der Waals surface area contributed by atoms with Gasteiger partial charge in [-0.25, -0.2) is 9.97 Å². The zero-order valence-electron chi connectivity index (χ0n) is 13.1. The first kappa shape index (κ1) is 17.9. The van der Waals surface area contributed by atoms with Crippen LogP contribution in [-0.4, -0.2) is 40.4 Å². The fraction of sp³-hybridized carbons (Fsp3) is 0.667. The lowest BCUT2D eigenvalue weighted by molar-refractivity contribution is -0.150. The number of hydrogen-bond acceptors (Lipinski definition) is 6. The maximum Gasteiger partial charge on any atom is 0.326 e. The van der Waals surface area contributed by atoms with E-state index >= 15 is 0 Å². The first-order valence-electron chi connectivity index (χ1n) is 7.44. The van der Waals surface area contributed by atoms with Crippen LogP contribution in [0.3, 0.4) is 0 Å². The highest BCUT2D eigenvalue weighted by atomic mass is 32.2. The molecule has 0 fully saturated rings. The van der Waals surface area contributed by atoms with Crippen molar-refractivity contribution in [1.82, 2.24) is 15.3 Å². The summed E-state index contributed by atoms with van der Waals surface area (Å²) >= 11 is 1.61. The van der Waals surface area contributed by atoms with Crippen molar-refractivity contribution >= 4 is 17.7 Å². The van der Waals surface area contributed by atoms with Crippen LogP contribution in [0.1, 0.15) is 40.0 Å². The molecule has 21 heavy (non-hydrogen) atoms. The molecule has 1 aromatic heterocycles. The predicted molar refractivity (Wildman–Crippen MR) is 85.3 cm³/mol. The molecule has 0 aliphatic heterocycles. The van der Waals surface area contributed by atoms with Crippen molar-refractivity contribution in [2.45, 2.75) is 50.7 Å². The quantitative estimate of drug-likeness (QED) is 0.310. The Morgan fingerprint density at radius 1 is 1.38 bits per heavy atom. The lowest BCUT2D eigenvalue weighted by Gasteiger charge is -2.28. The molecule has 1 N–H and O–H groups in total. The second kappa shape index (κ2) is 9.73. The van der Waals surface area contributed by atoms with Crippen LogP contribution in [0, 0.1) is 0 Å². The number of aromatic nitrogens is 2. The minimum atomic E-state index is -0.607. The van der Waals surface area contributed by atoms with Gasteiger partial charge < -0.3 is 10.1 Å². The standard InChI is InChI=1S/C15H25N3O2S/c1-4-9-18-15(3,13(19)20-5-2)8-6-12-21-14-16-10-7-11-17-14/h7,10-11,18H,4-6,8-9,12H2,1-3H3. The Bertz CT molecular complexity index is 417. The van der Waals surface area contributed by atoms with Crippen LogP contribution in [0.25, 0.3) is 0 Å². The Balaban J connectivity index is 2.43. The van der Waals surface area contributed by atoms with E-state index < -0.39 is 5.54 Å². The normalized spacial score (nSPS) is 13.7. The SMILES string of the molecule is CCCNC(C)(CCCSc1ncccn1)C(=O)OCC. The number of rotatable bonds is 10. The van der Waals surface area contributed by atoms with E-state index in [1.807, 2.05) is 13.8 Å². The fourth-order valence-electron chi connectivity index (χ4n) is 1.90. The first-order chi connectivity index (χ1) is 10.1. The first-order valence-corrected chi connectivity index (χ1v) is 8.43. The maximum absolute atomic E-state index is 12.1.